The molecule has 0 radical (unpaired) electrons. The molecule has 5 heteroatoms. The van der Waals surface area contributed by atoms with Gasteiger partial charge in [0.25, 0.3) is 0 Å². The number of hydrogen-bond acceptors (Lipinski definition) is 3. The van der Waals surface area contributed by atoms with Crippen molar-refractivity contribution < 1.29 is 0 Å². The molecule has 256 valence electrons. The summed E-state index contributed by atoms with van der Waals surface area (Å²) in [7, 11) is 0. The summed E-state index contributed by atoms with van der Waals surface area (Å²) in [5.41, 5.74) is 12.0. The standard InChI is InChI=1S/C48H39N5/c1-48(2)42-26-14-13-24-40(42)41-25-16-27-43(45(41)48)53(39-31-29-35(30-32-39)34-17-7-4-8-18-34)44-28-15-23-38(51-44)33-50-47(37-21-11-6-12-22-37)52-46(49-3)36-19-9-5-10-20-36/h4-32H,3,33H2,1-2H3. The first-order valence-electron chi connectivity index (χ1n) is 17.9. The molecule has 6 aromatic carbocycles. The summed E-state index contributed by atoms with van der Waals surface area (Å²) >= 11 is 0. The number of nitrogens with zero attached hydrogens (tertiary/aromatic N) is 5. The molecule has 0 unspecified atom stereocenters. The van der Waals surface area contributed by atoms with Crippen LogP contribution in [0, 0.1) is 0 Å². The summed E-state index contributed by atoms with van der Waals surface area (Å²) in [6.07, 6.45) is 0. The fourth-order valence-electron chi connectivity index (χ4n) is 7.33. The second-order valence-corrected chi connectivity index (χ2v) is 13.6. The minimum Gasteiger partial charge on any atom is -0.295 e. The minimum absolute atomic E-state index is 0.217. The van der Waals surface area contributed by atoms with Crippen LogP contribution < -0.4 is 4.90 Å². The quantitative estimate of drug-likeness (QED) is 0.118. The number of pyridine rings is 1. The van der Waals surface area contributed by atoms with Crippen molar-refractivity contribution in [1.82, 2.24) is 4.98 Å². The van der Waals surface area contributed by atoms with Gasteiger partial charge in [-0.15, -0.1) is 0 Å². The molecule has 0 saturated carbocycles. The zero-order chi connectivity index (χ0) is 36.2. The van der Waals surface area contributed by atoms with E-state index in [1.807, 2.05) is 72.8 Å². The molecule has 53 heavy (non-hydrogen) atoms. The van der Waals surface area contributed by atoms with Crippen LogP contribution in [0.2, 0.25) is 0 Å². The molecule has 0 saturated heterocycles. The van der Waals surface area contributed by atoms with Crippen molar-refractivity contribution in [1.29, 1.82) is 0 Å². The van der Waals surface area contributed by atoms with E-state index in [0.717, 1.165) is 39.6 Å². The van der Waals surface area contributed by atoms with E-state index in [-0.39, 0.29) is 5.41 Å². The number of rotatable bonds is 8. The molecule has 0 amide bonds. The van der Waals surface area contributed by atoms with E-state index >= 15 is 0 Å². The van der Waals surface area contributed by atoms with Gasteiger partial charge in [0.1, 0.15) is 5.82 Å². The van der Waals surface area contributed by atoms with Crippen molar-refractivity contribution in [3.8, 4) is 22.3 Å². The summed E-state index contributed by atoms with van der Waals surface area (Å²) < 4.78 is 0. The molecule has 1 heterocycles. The van der Waals surface area contributed by atoms with Gasteiger partial charge in [-0.2, -0.15) is 0 Å². The first-order chi connectivity index (χ1) is 26.0. The minimum atomic E-state index is -0.217. The number of anilines is 3. The van der Waals surface area contributed by atoms with Crippen molar-refractivity contribution >= 4 is 35.6 Å². The Labute approximate surface area is 311 Å². The molecule has 0 aliphatic heterocycles. The van der Waals surface area contributed by atoms with Gasteiger partial charge in [-0.05, 0) is 70.4 Å². The highest BCUT2D eigenvalue weighted by Crippen LogP contribution is 2.54. The van der Waals surface area contributed by atoms with Crippen LogP contribution in [-0.2, 0) is 12.0 Å². The van der Waals surface area contributed by atoms with Crippen molar-refractivity contribution in [2.24, 2.45) is 15.0 Å². The van der Waals surface area contributed by atoms with Crippen molar-refractivity contribution in [3.63, 3.8) is 0 Å². The topological polar surface area (TPSA) is 53.2 Å². The van der Waals surface area contributed by atoms with E-state index in [2.05, 4.69) is 134 Å². The van der Waals surface area contributed by atoms with Gasteiger partial charge in [0.05, 0.1) is 17.9 Å². The number of aromatic nitrogens is 1. The molecule has 1 aliphatic rings. The van der Waals surface area contributed by atoms with Crippen LogP contribution in [0.15, 0.2) is 191 Å². The molecule has 0 atom stereocenters. The van der Waals surface area contributed by atoms with E-state index in [4.69, 9.17) is 15.0 Å². The Kier molecular flexibility index (Phi) is 9.14. The SMILES string of the molecule is C=NC(=NC(=NCc1cccc(N(c2ccc(-c3ccccc3)cc2)c2cccc3c2C(C)(C)c2ccccc2-3)n1)c1ccccc1)c1ccccc1. The van der Waals surface area contributed by atoms with Crippen molar-refractivity contribution in [3.05, 3.63) is 204 Å². The van der Waals surface area contributed by atoms with E-state index in [9.17, 15) is 0 Å². The maximum atomic E-state index is 5.29. The predicted molar refractivity (Wildman–Crippen MR) is 221 cm³/mol. The summed E-state index contributed by atoms with van der Waals surface area (Å²) in [4.78, 5) is 21.8. The zero-order valence-corrected chi connectivity index (χ0v) is 29.9. The number of hydrogen-bond donors (Lipinski definition) is 0. The molecule has 0 fully saturated rings. The Morgan fingerprint density at radius 2 is 1.17 bits per heavy atom. The second kappa shape index (κ2) is 14.5. The average molecular weight is 686 g/mol. The Morgan fingerprint density at radius 3 is 1.87 bits per heavy atom. The maximum Gasteiger partial charge on any atom is 0.161 e. The number of amidine groups is 2. The molecular formula is C48H39N5. The molecule has 0 bridgehead atoms. The van der Waals surface area contributed by atoms with Gasteiger partial charge in [-0.25, -0.2) is 15.0 Å². The van der Waals surface area contributed by atoms with Crippen LogP contribution in [0.5, 0.6) is 0 Å². The fraction of sp³-hybridized carbons (Fsp3) is 0.0833. The highest BCUT2D eigenvalue weighted by atomic mass is 15.2. The molecule has 7 aromatic rings. The lowest BCUT2D eigenvalue weighted by Crippen LogP contribution is -2.21. The van der Waals surface area contributed by atoms with Crippen LogP contribution >= 0.6 is 0 Å². The third kappa shape index (κ3) is 6.61. The Hall–Kier alpha value is -6.72. The number of aliphatic imine (C=N–C) groups is 3. The van der Waals surface area contributed by atoms with Gasteiger partial charge in [-0.1, -0.05) is 159 Å². The van der Waals surface area contributed by atoms with Gasteiger partial charge in [0.2, 0.25) is 0 Å². The Morgan fingerprint density at radius 1 is 0.585 bits per heavy atom. The first-order valence-corrected chi connectivity index (χ1v) is 17.9. The summed E-state index contributed by atoms with van der Waals surface area (Å²) in [6, 6.07) is 60.6. The second-order valence-electron chi connectivity index (χ2n) is 13.6. The predicted octanol–water partition coefficient (Wildman–Crippen LogP) is 11.6. The highest BCUT2D eigenvalue weighted by Gasteiger charge is 2.38. The lowest BCUT2D eigenvalue weighted by molar-refractivity contribution is 0.660. The summed E-state index contributed by atoms with van der Waals surface area (Å²) in [6.45, 7) is 8.78. The first kappa shape index (κ1) is 33.4. The molecule has 1 aliphatic carbocycles. The van der Waals surface area contributed by atoms with Gasteiger partial charge in [0, 0.05) is 22.2 Å². The van der Waals surface area contributed by atoms with Crippen LogP contribution in [0.4, 0.5) is 17.2 Å². The number of fused-ring (bicyclic) bond motifs is 3. The van der Waals surface area contributed by atoms with Crippen LogP contribution in [0.3, 0.4) is 0 Å². The smallest absolute Gasteiger partial charge is 0.161 e. The monoisotopic (exact) mass is 685 g/mol. The largest absolute Gasteiger partial charge is 0.295 e. The average Bonchev–Trinajstić information content (AvgIpc) is 3.46. The molecule has 5 nitrogen and oxygen atoms in total. The summed E-state index contributed by atoms with van der Waals surface area (Å²) in [5, 5.41) is 0. The van der Waals surface area contributed by atoms with Gasteiger partial charge in [-0.3, -0.25) is 9.89 Å². The third-order valence-corrected chi connectivity index (χ3v) is 9.87. The van der Waals surface area contributed by atoms with E-state index in [0.29, 0.717) is 18.2 Å². The van der Waals surface area contributed by atoms with E-state index in [1.165, 1.54) is 27.8 Å². The molecule has 0 spiro atoms. The van der Waals surface area contributed by atoms with Gasteiger partial charge >= 0.3 is 0 Å². The normalized spacial score (nSPS) is 13.2. The van der Waals surface area contributed by atoms with Crippen molar-refractivity contribution in [2.75, 3.05) is 4.90 Å². The zero-order valence-electron chi connectivity index (χ0n) is 29.9. The lowest BCUT2D eigenvalue weighted by atomic mass is 9.81. The van der Waals surface area contributed by atoms with Gasteiger partial charge in [0.15, 0.2) is 11.7 Å². The Balaban J connectivity index is 1.23. The lowest BCUT2D eigenvalue weighted by Gasteiger charge is -2.31. The number of benzene rings is 6. The maximum absolute atomic E-state index is 5.29. The fourth-order valence-corrected chi connectivity index (χ4v) is 7.33. The van der Waals surface area contributed by atoms with Crippen LogP contribution in [0.1, 0.15) is 41.8 Å². The molecule has 8 rings (SSSR count). The third-order valence-electron chi connectivity index (χ3n) is 9.87. The van der Waals surface area contributed by atoms with Gasteiger partial charge < -0.3 is 0 Å². The van der Waals surface area contributed by atoms with Crippen LogP contribution in [-0.4, -0.2) is 23.4 Å². The molecule has 1 aromatic heterocycles. The Bertz CT molecular complexity index is 2450. The van der Waals surface area contributed by atoms with Crippen molar-refractivity contribution in [2.45, 2.75) is 25.8 Å². The molecular weight excluding hydrogens is 647 g/mol. The molecule has 0 N–H and O–H groups in total. The van der Waals surface area contributed by atoms with Crippen LogP contribution in [0.25, 0.3) is 22.3 Å². The summed E-state index contributed by atoms with van der Waals surface area (Å²) in [5.74, 6) is 1.90. The van der Waals surface area contributed by atoms with E-state index in [1.54, 1.807) is 0 Å². The van der Waals surface area contributed by atoms with E-state index < -0.39 is 0 Å². The highest BCUT2D eigenvalue weighted by molar-refractivity contribution is 6.12.